The normalized spacial score (nSPS) is 15.5. The number of amides is 3. The van der Waals surface area contributed by atoms with Crippen LogP contribution in [0.5, 0.6) is 5.75 Å². The van der Waals surface area contributed by atoms with Crippen LogP contribution in [0, 0.1) is 6.92 Å². The molecular weight excluding hydrogens is 436 g/mol. The van der Waals surface area contributed by atoms with Crippen LogP contribution in [0.1, 0.15) is 25.0 Å². The standard InChI is InChI=1S/C23H23ClN2O4S/c1-15-4-6-16(7-5-15)14-19-20(27)26(22(29)31-19)13-12-25-21(28)23(2,3)30-18-10-8-17(24)9-11-18/h4-11,14H,12-13H2,1-3H3,(H,25,28). The summed E-state index contributed by atoms with van der Waals surface area (Å²) in [6.07, 6.45) is 1.70. The fourth-order valence-corrected chi connectivity index (χ4v) is 3.84. The van der Waals surface area contributed by atoms with Gasteiger partial charge < -0.3 is 10.1 Å². The van der Waals surface area contributed by atoms with Crippen LogP contribution in [0.2, 0.25) is 5.02 Å². The zero-order valence-electron chi connectivity index (χ0n) is 17.5. The second-order valence-electron chi connectivity index (χ2n) is 7.57. The SMILES string of the molecule is Cc1ccc(C=C2SC(=O)N(CCNC(=O)C(C)(C)Oc3ccc(Cl)cc3)C2=O)cc1. The van der Waals surface area contributed by atoms with Crippen molar-refractivity contribution in [1.29, 1.82) is 0 Å². The maximum Gasteiger partial charge on any atom is 0.293 e. The number of nitrogens with zero attached hydrogens (tertiary/aromatic N) is 1. The number of benzene rings is 2. The van der Waals surface area contributed by atoms with Gasteiger partial charge in [0.05, 0.1) is 4.91 Å². The molecule has 6 nitrogen and oxygen atoms in total. The van der Waals surface area contributed by atoms with Gasteiger partial charge in [0.15, 0.2) is 5.60 Å². The predicted octanol–water partition coefficient (Wildman–Crippen LogP) is 4.66. The molecule has 0 spiro atoms. The molecule has 3 amide bonds. The second-order valence-corrected chi connectivity index (χ2v) is 9.00. The lowest BCUT2D eigenvalue weighted by Crippen LogP contribution is -2.48. The lowest BCUT2D eigenvalue weighted by atomic mass is 10.1. The van der Waals surface area contributed by atoms with E-state index in [0.29, 0.717) is 15.7 Å². The molecule has 1 fully saturated rings. The smallest absolute Gasteiger partial charge is 0.293 e. The summed E-state index contributed by atoms with van der Waals surface area (Å²) < 4.78 is 5.74. The maximum absolute atomic E-state index is 12.6. The average molecular weight is 459 g/mol. The van der Waals surface area contributed by atoms with Gasteiger partial charge in [0.1, 0.15) is 5.75 Å². The fraction of sp³-hybridized carbons (Fsp3) is 0.261. The molecule has 0 atom stereocenters. The number of ether oxygens (including phenoxy) is 1. The first-order chi connectivity index (χ1) is 14.7. The van der Waals surface area contributed by atoms with Crippen molar-refractivity contribution in [1.82, 2.24) is 10.2 Å². The van der Waals surface area contributed by atoms with Crippen LogP contribution in [0.25, 0.3) is 6.08 Å². The highest BCUT2D eigenvalue weighted by atomic mass is 35.5. The number of hydrogen-bond donors (Lipinski definition) is 1. The van der Waals surface area contributed by atoms with Gasteiger partial charge in [-0.15, -0.1) is 0 Å². The van der Waals surface area contributed by atoms with E-state index in [-0.39, 0.29) is 30.1 Å². The first-order valence-electron chi connectivity index (χ1n) is 9.70. The summed E-state index contributed by atoms with van der Waals surface area (Å²) in [6, 6.07) is 14.4. The summed E-state index contributed by atoms with van der Waals surface area (Å²) in [4.78, 5) is 38.9. The van der Waals surface area contributed by atoms with E-state index in [4.69, 9.17) is 16.3 Å². The van der Waals surface area contributed by atoms with Crippen molar-refractivity contribution in [2.24, 2.45) is 0 Å². The molecule has 2 aromatic carbocycles. The van der Waals surface area contributed by atoms with Gasteiger partial charge in [0.2, 0.25) is 0 Å². The number of carbonyl (C=O) groups excluding carboxylic acids is 3. The number of imide groups is 1. The van der Waals surface area contributed by atoms with E-state index in [1.54, 1.807) is 44.2 Å². The Morgan fingerprint density at radius 2 is 1.77 bits per heavy atom. The highest BCUT2D eigenvalue weighted by molar-refractivity contribution is 8.18. The molecule has 1 N–H and O–H groups in total. The van der Waals surface area contributed by atoms with Crippen molar-refractivity contribution in [2.45, 2.75) is 26.4 Å². The van der Waals surface area contributed by atoms with Crippen LogP contribution in [0.4, 0.5) is 4.79 Å². The van der Waals surface area contributed by atoms with Crippen LogP contribution < -0.4 is 10.1 Å². The molecule has 0 aromatic heterocycles. The Kier molecular flexibility index (Phi) is 7.08. The van der Waals surface area contributed by atoms with E-state index >= 15 is 0 Å². The topological polar surface area (TPSA) is 75.7 Å². The fourth-order valence-electron chi connectivity index (χ4n) is 2.84. The summed E-state index contributed by atoms with van der Waals surface area (Å²) >= 11 is 6.76. The highest BCUT2D eigenvalue weighted by Gasteiger charge is 2.35. The molecule has 1 aliphatic rings. The lowest BCUT2D eigenvalue weighted by Gasteiger charge is -2.25. The molecule has 1 saturated heterocycles. The molecule has 3 rings (SSSR count). The Morgan fingerprint density at radius 3 is 2.42 bits per heavy atom. The number of halogens is 1. The molecule has 0 unspecified atom stereocenters. The Hall–Kier alpha value is -2.77. The van der Waals surface area contributed by atoms with Gasteiger partial charge in [-0.05, 0) is 68.4 Å². The van der Waals surface area contributed by atoms with E-state index in [2.05, 4.69) is 5.32 Å². The molecule has 31 heavy (non-hydrogen) atoms. The van der Waals surface area contributed by atoms with E-state index < -0.39 is 5.60 Å². The summed E-state index contributed by atoms with van der Waals surface area (Å²) in [5.41, 5.74) is 0.826. The monoisotopic (exact) mass is 458 g/mol. The summed E-state index contributed by atoms with van der Waals surface area (Å²) in [7, 11) is 0. The third-order valence-corrected chi connectivity index (χ3v) is 5.76. The van der Waals surface area contributed by atoms with Crippen LogP contribution in [-0.2, 0) is 9.59 Å². The third-order valence-electron chi connectivity index (χ3n) is 4.60. The van der Waals surface area contributed by atoms with E-state index in [1.165, 1.54) is 0 Å². The van der Waals surface area contributed by atoms with Crippen molar-refractivity contribution < 1.29 is 19.1 Å². The zero-order chi connectivity index (χ0) is 22.6. The maximum atomic E-state index is 12.6. The van der Waals surface area contributed by atoms with Gasteiger partial charge in [-0.1, -0.05) is 41.4 Å². The summed E-state index contributed by atoms with van der Waals surface area (Å²) in [5.74, 6) is -0.206. The van der Waals surface area contributed by atoms with Gasteiger partial charge in [0.25, 0.3) is 17.1 Å². The largest absolute Gasteiger partial charge is 0.478 e. The van der Waals surface area contributed by atoms with Gasteiger partial charge in [-0.25, -0.2) is 0 Å². The molecular formula is C23H23ClN2O4S. The van der Waals surface area contributed by atoms with Crippen molar-refractivity contribution in [3.8, 4) is 5.75 Å². The predicted molar refractivity (Wildman–Crippen MR) is 123 cm³/mol. The number of nitrogens with one attached hydrogen (secondary N) is 1. The number of carbonyl (C=O) groups is 3. The molecule has 1 heterocycles. The van der Waals surface area contributed by atoms with Gasteiger partial charge in [-0.2, -0.15) is 0 Å². The summed E-state index contributed by atoms with van der Waals surface area (Å²) in [5, 5.41) is 2.95. The number of thioether (sulfide) groups is 1. The van der Waals surface area contributed by atoms with Crippen LogP contribution in [0.3, 0.4) is 0 Å². The third kappa shape index (κ3) is 5.89. The molecule has 2 aromatic rings. The first kappa shape index (κ1) is 22.9. The molecule has 0 radical (unpaired) electrons. The Labute approximate surface area is 190 Å². The minimum absolute atomic E-state index is 0.0820. The van der Waals surface area contributed by atoms with Gasteiger partial charge in [-0.3, -0.25) is 19.3 Å². The second kappa shape index (κ2) is 9.58. The number of rotatable bonds is 7. The molecule has 162 valence electrons. The van der Waals surface area contributed by atoms with E-state index in [1.807, 2.05) is 31.2 Å². The van der Waals surface area contributed by atoms with Gasteiger partial charge in [0, 0.05) is 18.1 Å². The number of aryl methyl sites for hydroxylation is 1. The molecule has 0 saturated carbocycles. The molecule has 1 aliphatic heterocycles. The van der Waals surface area contributed by atoms with Crippen molar-refractivity contribution in [2.75, 3.05) is 13.1 Å². The van der Waals surface area contributed by atoms with Crippen LogP contribution in [-0.4, -0.2) is 40.6 Å². The first-order valence-corrected chi connectivity index (χ1v) is 10.9. The summed E-state index contributed by atoms with van der Waals surface area (Å²) in [6.45, 7) is 5.47. The average Bonchev–Trinajstić information content (AvgIpc) is 2.98. The Morgan fingerprint density at radius 1 is 1.13 bits per heavy atom. The Bertz CT molecular complexity index is 1020. The quantitative estimate of drug-likeness (QED) is 0.611. The Balaban J connectivity index is 1.55. The highest BCUT2D eigenvalue weighted by Crippen LogP contribution is 2.32. The zero-order valence-corrected chi connectivity index (χ0v) is 19.0. The molecule has 8 heteroatoms. The minimum Gasteiger partial charge on any atom is -0.478 e. The van der Waals surface area contributed by atoms with Crippen molar-refractivity contribution in [3.63, 3.8) is 0 Å². The molecule has 0 bridgehead atoms. The van der Waals surface area contributed by atoms with E-state index in [0.717, 1.165) is 27.8 Å². The van der Waals surface area contributed by atoms with Crippen LogP contribution >= 0.6 is 23.4 Å². The number of hydrogen-bond acceptors (Lipinski definition) is 5. The van der Waals surface area contributed by atoms with Crippen molar-refractivity contribution >= 4 is 46.5 Å². The van der Waals surface area contributed by atoms with Crippen LogP contribution in [0.15, 0.2) is 53.4 Å². The van der Waals surface area contributed by atoms with Crippen molar-refractivity contribution in [3.05, 3.63) is 69.6 Å². The molecule has 0 aliphatic carbocycles. The minimum atomic E-state index is -1.14. The lowest BCUT2D eigenvalue weighted by molar-refractivity contribution is -0.134. The van der Waals surface area contributed by atoms with E-state index in [9.17, 15) is 14.4 Å². The van der Waals surface area contributed by atoms with Gasteiger partial charge >= 0.3 is 0 Å².